The van der Waals surface area contributed by atoms with Crippen LogP contribution in [-0.2, 0) is 0 Å². The molecule has 1 aromatic heterocycles. The van der Waals surface area contributed by atoms with Crippen LogP contribution >= 0.6 is 0 Å². The van der Waals surface area contributed by atoms with Crippen molar-refractivity contribution in [2.24, 2.45) is 0 Å². The summed E-state index contributed by atoms with van der Waals surface area (Å²) in [6, 6.07) is 4.11. The normalized spacial score (nSPS) is 17.2. The minimum absolute atomic E-state index is 0.00690. The lowest BCUT2D eigenvalue weighted by Gasteiger charge is -2.27. The van der Waals surface area contributed by atoms with E-state index in [1.165, 1.54) is 0 Å². The minimum atomic E-state index is -0.0265. The van der Waals surface area contributed by atoms with Gasteiger partial charge in [0.15, 0.2) is 0 Å². The lowest BCUT2D eigenvalue weighted by Crippen LogP contribution is -2.41. The molecule has 0 aliphatic heterocycles. The molecule has 1 aliphatic rings. The monoisotopic (exact) mass is 208 g/mol. The van der Waals surface area contributed by atoms with Crippen LogP contribution in [0.15, 0.2) is 22.8 Å². The Morgan fingerprint density at radius 3 is 2.87 bits per heavy atom. The molecule has 0 bridgehead atoms. The third-order valence-electron chi connectivity index (χ3n) is 2.76. The fourth-order valence-corrected chi connectivity index (χ4v) is 1.81. The average Bonchev–Trinajstić information content (AvgIpc) is 2.92. The quantitative estimate of drug-likeness (QED) is 0.827. The summed E-state index contributed by atoms with van der Waals surface area (Å²) in [6.45, 7) is 1.99. The lowest BCUT2D eigenvalue weighted by molar-refractivity contribution is 0.168. The van der Waals surface area contributed by atoms with Gasteiger partial charge in [-0.3, -0.25) is 0 Å². The van der Waals surface area contributed by atoms with E-state index in [0.717, 1.165) is 18.6 Å². The number of amides is 2. The first-order valence-electron chi connectivity index (χ1n) is 5.27. The molecule has 1 saturated carbocycles. The maximum Gasteiger partial charge on any atom is 0.318 e. The van der Waals surface area contributed by atoms with Gasteiger partial charge in [0.05, 0.1) is 12.3 Å². The summed E-state index contributed by atoms with van der Waals surface area (Å²) < 4.78 is 5.33. The van der Waals surface area contributed by atoms with Crippen LogP contribution in [0.25, 0.3) is 0 Å². The summed E-state index contributed by atoms with van der Waals surface area (Å²) in [7, 11) is 1.66. The van der Waals surface area contributed by atoms with Crippen molar-refractivity contribution in [1.29, 1.82) is 0 Å². The van der Waals surface area contributed by atoms with Crippen molar-refractivity contribution in [2.45, 2.75) is 31.8 Å². The van der Waals surface area contributed by atoms with Gasteiger partial charge in [0.25, 0.3) is 0 Å². The van der Waals surface area contributed by atoms with Crippen LogP contribution in [0.2, 0.25) is 0 Å². The van der Waals surface area contributed by atoms with E-state index in [4.69, 9.17) is 4.42 Å². The van der Waals surface area contributed by atoms with Gasteiger partial charge in [0.1, 0.15) is 5.76 Å². The van der Waals surface area contributed by atoms with Crippen molar-refractivity contribution in [1.82, 2.24) is 10.2 Å². The minimum Gasteiger partial charge on any atom is -0.467 e. The van der Waals surface area contributed by atoms with E-state index >= 15 is 0 Å². The second-order valence-electron chi connectivity index (χ2n) is 3.88. The second kappa shape index (κ2) is 3.96. The van der Waals surface area contributed by atoms with Crippen molar-refractivity contribution in [3.05, 3.63) is 24.2 Å². The number of carbonyl (C=O) groups excluding carboxylic acids is 1. The fraction of sp³-hybridized carbons (Fsp3) is 0.545. The van der Waals surface area contributed by atoms with Gasteiger partial charge < -0.3 is 14.6 Å². The smallest absolute Gasteiger partial charge is 0.318 e. The molecule has 0 radical (unpaired) electrons. The zero-order valence-electron chi connectivity index (χ0n) is 9.06. The summed E-state index contributed by atoms with van der Waals surface area (Å²) >= 11 is 0. The van der Waals surface area contributed by atoms with E-state index in [2.05, 4.69) is 5.32 Å². The van der Waals surface area contributed by atoms with Gasteiger partial charge in [-0.15, -0.1) is 0 Å². The molecule has 0 saturated heterocycles. The maximum absolute atomic E-state index is 11.7. The average molecular weight is 208 g/mol. The third kappa shape index (κ3) is 1.98. The molecule has 1 heterocycles. The Kier molecular flexibility index (Phi) is 2.66. The van der Waals surface area contributed by atoms with Gasteiger partial charge >= 0.3 is 6.03 Å². The van der Waals surface area contributed by atoms with Crippen molar-refractivity contribution >= 4 is 6.03 Å². The molecule has 1 fully saturated rings. The van der Waals surface area contributed by atoms with Gasteiger partial charge in [-0.1, -0.05) is 0 Å². The van der Waals surface area contributed by atoms with Crippen molar-refractivity contribution in [2.75, 3.05) is 7.05 Å². The standard InChI is InChI=1S/C11H16N2O2/c1-8(10-4-3-7-15-10)13(9-5-6-9)11(14)12-2/h3-4,7-9H,5-6H2,1-2H3,(H,12,14)/t8-/m0/s1. The number of furan rings is 1. The molecule has 1 aliphatic carbocycles. The Balaban J connectivity index is 2.14. The zero-order valence-corrected chi connectivity index (χ0v) is 9.06. The van der Waals surface area contributed by atoms with Crippen LogP contribution in [0, 0.1) is 0 Å². The number of carbonyl (C=O) groups is 1. The lowest BCUT2D eigenvalue weighted by atomic mass is 10.2. The molecule has 82 valence electrons. The Labute approximate surface area is 89.2 Å². The highest BCUT2D eigenvalue weighted by atomic mass is 16.3. The number of hydrogen-bond donors (Lipinski definition) is 1. The summed E-state index contributed by atoms with van der Waals surface area (Å²) in [5, 5.41) is 2.67. The van der Waals surface area contributed by atoms with Crippen LogP contribution in [0.5, 0.6) is 0 Å². The molecular formula is C11H16N2O2. The highest BCUT2D eigenvalue weighted by molar-refractivity contribution is 5.75. The van der Waals surface area contributed by atoms with Gasteiger partial charge in [0.2, 0.25) is 0 Å². The molecule has 1 atom stereocenters. The zero-order chi connectivity index (χ0) is 10.8. The third-order valence-corrected chi connectivity index (χ3v) is 2.76. The van der Waals surface area contributed by atoms with E-state index in [1.54, 1.807) is 13.3 Å². The number of nitrogens with zero attached hydrogens (tertiary/aromatic N) is 1. The predicted molar refractivity (Wildman–Crippen MR) is 56.4 cm³/mol. The van der Waals surface area contributed by atoms with Gasteiger partial charge in [-0.2, -0.15) is 0 Å². The summed E-state index contributed by atoms with van der Waals surface area (Å²) in [6.07, 6.45) is 3.83. The van der Waals surface area contributed by atoms with Gasteiger partial charge in [-0.05, 0) is 31.9 Å². The van der Waals surface area contributed by atoms with Crippen LogP contribution < -0.4 is 5.32 Å². The molecule has 15 heavy (non-hydrogen) atoms. The number of hydrogen-bond acceptors (Lipinski definition) is 2. The van der Waals surface area contributed by atoms with Gasteiger partial charge in [0, 0.05) is 13.1 Å². The second-order valence-corrected chi connectivity index (χ2v) is 3.88. The first kappa shape index (κ1) is 10.1. The molecule has 1 aromatic rings. The first-order valence-corrected chi connectivity index (χ1v) is 5.27. The van der Waals surface area contributed by atoms with Crippen molar-refractivity contribution in [3.63, 3.8) is 0 Å². The summed E-state index contributed by atoms with van der Waals surface area (Å²) in [4.78, 5) is 13.6. The molecular weight excluding hydrogens is 192 g/mol. The van der Waals surface area contributed by atoms with E-state index in [9.17, 15) is 4.79 Å². The van der Waals surface area contributed by atoms with E-state index in [-0.39, 0.29) is 12.1 Å². The first-order chi connectivity index (χ1) is 7.24. The molecule has 0 unspecified atom stereocenters. The van der Waals surface area contributed by atoms with E-state index in [0.29, 0.717) is 6.04 Å². The molecule has 2 rings (SSSR count). The van der Waals surface area contributed by atoms with Gasteiger partial charge in [-0.25, -0.2) is 4.79 Å². The fourth-order valence-electron chi connectivity index (χ4n) is 1.81. The summed E-state index contributed by atoms with van der Waals surface area (Å²) in [5.41, 5.74) is 0. The maximum atomic E-state index is 11.7. The molecule has 0 spiro atoms. The molecule has 2 amide bonds. The number of urea groups is 1. The number of nitrogens with one attached hydrogen (secondary N) is 1. The Hall–Kier alpha value is -1.45. The van der Waals surface area contributed by atoms with Crippen molar-refractivity contribution in [3.8, 4) is 0 Å². The van der Waals surface area contributed by atoms with Crippen LogP contribution in [-0.4, -0.2) is 24.0 Å². The molecule has 4 heteroatoms. The topological polar surface area (TPSA) is 45.5 Å². The van der Waals surface area contributed by atoms with Crippen LogP contribution in [0.4, 0.5) is 4.79 Å². The van der Waals surface area contributed by atoms with Crippen LogP contribution in [0.1, 0.15) is 31.6 Å². The van der Waals surface area contributed by atoms with E-state index < -0.39 is 0 Å². The van der Waals surface area contributed by atoms with E-state index in [1.807, 2.05) is 24.0 Å². The Bertz CT molecular complexity index is 330. The Morgan fingerprint density at radius 2 is 2.40 bits per heavy atom. The highest BCUT2D eigenvalue weighted by Gasteiger charge is 2.36. The predicted octanol–water partition coefficient (Wildman–Crippen LogP) is 2.14. The molecule has 4 nitrogen and oxygen atoms in total. The highest BCUT2D eigenvalue weighted by Crippen LogP contribution is 2.34. The van der Waals surface area contributed by atoms with Crippen molar-refractivity contribution < 1.29 is 9.21 Å². The summed E-state index contributed by atoms with van der Waals surface area (Å²) in [5.74, 6) is 0.838. The molecule has 1 N–H and O–H groups in total. The van der Waals surface area contributed by atoms with Crippen LogP contribution in [0.3, 0.4) is 0 Å². The molecule has 0 aromatic carbocycles. The Morgan fingerprint density at radius 1 is 1.67 bits per heavy atom. The SMILES string of the molecule is CNC(=O)N(C1CC1)[C@@H](C)c1ccco1. The largest absolute Gasteiger partial charge is 0.467 e. The number of rotatable bonds is 3.